The lowest BCUT2D eigenvalue weighted by Gasteiger charge is -2.31. The number of allylic oxidation sites excluding steroid dienone is 2. The normalized spacial score (nSPS) is 33.5. The summed E-state index contributed by atoms with van der Waals surface area (Å²) in [6, 6.07) is 0. The van der Waals surface area contributed by atoms with E-state index in [0.29, 0.717) is 24.4 Å². The van der Waals surface area contributed by atoms with Crippen LogP contribution in [-0.4, -0.2) is 25.2 Å². The Morgan fingerprint density at radius 1 is 0.909 bits per heavy atom. The largest absolute Gasteiger partial charge is 0.463 e. The molecule has 0 saturated heterocycles. The highest BCUT2D eigenvalue weighted by atomic mass is 16.5. The number of ether oxygens (including phenoxy) is 2. The predicted molar refractivity (Wildman–Crippen MR) is 84.0 cm³/mol. The number of hydrogen-bond donors (Lipinski definition) is 0. The van der Waals surface area contributed by atoms with Gasteiger partial charge in [-0.15, -0.1) is 0 Å². The number of hydrogen-bond acceptors (Lipinski definition) is 4. The maximum absolute atomic E-state index is 12.6. The van der Waals surface area contributed by atoms with Crippen molar-refractivity contribution >= 4 is 11.9 Å². The number of esters is 2. The average molecular weight is 306 g/mol. The molecule has 122 valence electrons. The Morgan fingerprint density at radius 2 is 1.23 bits per heavy atom. The van der Waals surface area contributed by atoms with E-state index in [0.717, 1.165) is 0 Å². The molecule has 22 heavy (non-hydrogen) atoms. The van der Waals surface area contributed by atoms with E-state index in [1.807, 2.05) is 13.8 Å². The lowest BCUT2D eigenvalue weighted by atomic mass is 9.72. The Kier molecular flexibility index (Phi) is 4.01. The van der Waals surface area contributed by atoms with Crippen molar-refractivity contribution in [2.45, 2.75) is 48.5 Å². The predicted octanol–water partition coefficient (Wildman–Crippen LogP) is 3.42. The highest BCUT2D eigenvalue weighted by Crippen LogP contribution is 2.69. The molecule has 4 nitrogen and oxygen atoms in total. The number of carbonyl (C=O) groups is 2. The molecule has 0 heterocycles. The lowest BCUT2D eigenvalue weighted by Crippen LogP contribution is -2.29. The Balaban J connectivity index is 2.71. The molecule has 3 atom stereocenters. The molecule has 0 fully saturated rings. The van der Waals surface area contributed by atoms with Gasteiger partial charge in [-0.3, -0.25) is 0 Å². The van der Waals surface area contributed by atoms with Gasteiger partial charge in [0, 0.05) is 10.8 Å². The van der Waals surface area contributed by atoms with Gasteiger partial charge in [-0.05, 0) is 33.6 Å². The van der Waals surface area contributed by atoms with Gasteiger partial charge in [0.05, 0.1) is 24.4 Å². The summed E-state index contributed by atoms with van der Waals surface area (Å²) < 4.78 is 10.5. The van der Waals surface area contributed by atoms with Gasteiger partial charge in [-0.25, -0.2) is 9.59 Å². The van der Waals surface area contributed by atoms with Crippen LogP contribution in [0.5, 0.6) is 0 Å². The van der Waals surface area contributed by atoms with E-state index in [1.165, 1.54) is 11.1 Å². The summed E-state index contributed by atoms with van der Waals surface area (Å²) in [5.41, 5.74) is 2.38. The quantitative estimate of drug-likeness (QED) is 0.590. The lowest BCUT2D eigenvalue weighted by molar-refractivity contribution is -0.142. The molecule has 0 saturated carbocycles. The zero-order valence-electron chi connectivity index (χ0n) is 14.6. The van der Waals surface area contributed by atoms with Crippen LogP contribution in [0.3, 0.4) is 0 Å². The van der Waals surface area contributed by atoms with Crippen molar-refractivity contribution in [1.82, 2.24) is 0 Å². The van der Waals surface area contributed by atoms with Crippen LogP contribution in [0.15, 0.2) is 22.3 Å². The summed E-state index contributed by atoms with van der Waals surface area (Å²) in [5, 5.41) is 0. The van der Waals surface area contributed by atoms with Crippen LogP contribution in [-0.2, 0) is 19.1 Å². The Hall–Kier alpha value is -1.58. The molecule has 0 spiro atoms. The molecule has 0 aromatic heterocycles. The summed E-state index contributed by atoms with van der Waals surface area (Å²) >= 11 is 0. The molecular formula is C18H26O4. The summed E-state index contributed by atoms with van der Waals surface area (Å²) in [4.78, 5) is 25.2. The third-order valence-corrected chi connectivity index (χ3v) is 6.10. The minimum Gasteiger partial charge on any atom is -0.463 e. The van der Waals surface area contributed by atoms with Gasteiger partial charge in [-0.1, -0.05) is 31.9 Å². The molecule has 2 rings (SSSR count). The maximum atomic E-state index is 12.6. The minimum atomic E-state index is -0.465. The summed E-state index contributed by atoms with van der Waals surface area (Å²) in [6.45, 7) is 14.4. The first-order valence-corrected chi connectivity index (χ1v) is 7.96. The monoisotopic (exact) mass is 306 g/mol. The first-order valence-electron chi connectivity index (χ1n) is 7.96. The fraction of sp³-hybridized carbons (Fsp3) is 0.667. The van der Waals surface area contributed by atoms with Gasteiger partial charge in [0.2, 0.25) is 0 Å². The van der Waals surface area contributed by atoms with E-state index < -0.39 is 22.8 Å². The molecule has 0 aromatic rings. The third kappa shape index (κ3) is 1.76. The average Bonchev–Trinajstić information content (AvgIpc) is 2.72. The van der Waals surface area contributed by atoms with E-state index in [2.05, 4.69) is 20.8 Å². The van der Waals surface area contributed by atoms with Crippen LogP contribution < -0.4 is 0 Å². The Labute approximate surface area is 132 Å². The van der Waals surface area contributed by atoms with Gasteiger partial charge in [0.15, 0.2) is 0 Å². The second-order valence-corrected chi connectivity index (χ2v) is 6.57. The van der Waals surface area contributed by atoms with Gasteiger partial charge in [0.25, 0.3) is 0 Å². The van der Waals surface area contributed by atoms with E-state index >= 15 is 0 Å². The van der Waals surface area contributed by atoms with Gasteiger partial charge >= 0.3 is 11.9 Å². The van der Waals surface area contributed by atoms with Gasteiger partial charge < -0.3 is 9.47 Å². The summed E-state index contributed by atoms with van der Waals surface area (Å²) in [7, 11) is 0. The molecule has 1 unspecified atom stereocenters. The summed E-state index contributed by atoms with van der Waals surface area (Å²) in [5.74, 6) is -0.662. The smallest absolute Gasteiger partial charge is 0.335 e. The zero-order valence-corrected chi connectivity index (χ0v) is 14.6. The zero-order chi connectivity index (χ0) is 16.9. The molecular weight excluding hydrogens is 280 g/mol. The van der Waals surface area contributed by atoms with Crippen molar-refractivity contribution in [2.24, 2.45) is 16.7 Å². The van der Waals surface area contributed by atoms with E-state index in [1.54, 1.807) is 13.8 Å². The molecule has 0 aliphatic heterocycles. The van der Waals surface area contributed by atoms with Crippen LogP contribution >= 0.6 is 0 Å². The molecule has 2 bridgehead atoms. The van der Waals surface area contributed by atoms with Crippen LogP contribution in [0.25, 0.3) is 0 Å². The topological polar surface area (TPSA) is 52.6 Å². The van der Waals surface area contributed by atoms with E-state index in [-0.39, 0.29) is 5.92 Å². The van der Waals surface area contributed by atoms with E-state index in [4.69, 9.17) is 9.47 Å². The Morgan fingerprint density at radius 3 is 1.50 bits per heavy atom. The molecule has 0 radical (unpaired) electrons. The number of fused-ring (bicyclic) bond motifs is 2. The van der Waals surface area contributed by atoms with E-state index in [9.17, 15) is 9.59 Å². The minimum absolute atomic E-state index is 0.124. The van der Waals surface area contributed by atoms with Crippen LogP contribution in [0.2, 0.25) is 0 Å². The van der Waals surface area contributed by atoms with Crippen molar-refractivity contribution in [2.75, 3.05) is 13.2 Å². The van der Waals surface area contributed by atoms with Crippen LogP contribution in [0, 0.1) is 16.7 Å². The highest BCUT2D eigenvalue weighted by Gasteiger charge is 2.65. The molecule has 2 aliphatic carbocycles. The van der Waals surface area contributed by atoms with Crippen molar-refractivity contribution in [3.05, 3.63) is 22.3 Å². The number of rotatable bonds is 4. The highest BCUT2D eigenvalue weighted by molar-refractivity contribution is 6.05. The first kappa shape index (κ1) is 16.8. The maximum Gasteiger partial charge on any atom is 0.335 e. The second kappa shape index (κ2) is 5.25. The molecule has 0 amide bonds. The first-order chi connectivity index (χ1) is 10.2. The summed E-state index contributed by atoms with van der Waals surface area (Å²) in [6.07, 6.45) is 0. The van der Waals surface area contributed by atoms with Gasteiger partial charge in [0.1, 0.15) is 0 Å². The molecule has 4 heteroatoms. The molecule has 0 N–H and O–H groups in total. The second-order valence-electron chi connectivity index (χ2n) is 6.57. The fourth-order valence-electron chi connectivity index (χ4n) is 4.37. The van der Waals surface area contributed by atoms with Gasteiger partial charge in [-0.2, -0.15) is 0 Å². The van der Waals surface area contributed by atoms with Crippen molar-refractivity contribution in [3.8, 4) is 0 Å². The van der Waals surface area contributed by atoms with Crippen molar-refractivity contribution < 1.29 is 19.1 Å². The fourth-order valence-corrected chi connectivity index (χ4v) is 4.37. The third-order valence-electron chi connectivity index (χ3n) is 6.10. The molecule has 2 aliphatic rings. The SMILES string of the molecule is CCOC(=O)C1=C(C(=O)OCC)[C@@]2(C)C(C)=C(C)[C@]1(C)C2C. The van der Waals surface area contributed by atoms with Crippen molar-refractivity contribution in [3.63, 3.8) is 0 Å². The van der Waals surface area contributed by atoms with Crippen LogP contribution in [0.4, 0.5) is 0 Å². The number of carbonyl (C=O) groups excluding carboxylic acids is 2. The Bertz CT molecular complexity index is 548. The molecule has 0 aromatic carbocycles. The van der Waals surface area contributed by atoms with Crippen LogP contribution in [0.1, 0.15) is 48.5 Å². The standard InChI is InChI=1S/C18H26O4/c1-8-21-15(19)13-14(16(20)22-9-2)18(7)11(4)10(3)17(13,6)12(18)5/h12H,8-9H2,1-7H3/t12?,17-,18+. The van der Waals surface area contributed by atoms with Crippen molar-refractivity contribution in [1.29, 1.82) is 0 Å².